The summed E-state index contributed by atoms with van der Waals surface area (Å²) in [5.74, 6) is 6.67. The number of fused-ring (bicyclic) bond motifs is 1. The van der Waals surface area contributed by atoms with Crippen LogP contribution in [0.4, 0.5) is 0 Å². The van der Waals surface area contributed by atoms with Crippen molar-refractivity contribution in [1.82, 2.24) is 4.98 Å². The van der Waals surface area contributed by atoms with Gasteiger partial charge < -0.3 is 4.42 Å². The number of allylic oxidation sites excluding steroid dienone is 2. The smallest absolute Gasteiger partial charge is 0.274 e. The SMILES string of the molecule is C(#Cc1nc2ccccc2o1)C1=CCCCC1. The Morgan fingerprint density at radius 2 is 2.06 bits per heavy atom. The molecule has 0 amide bonds. The minimum Gasteiger partial charge on any atom is -0.430 e. The fraction of sp³-hybridized carbons (Fsp3) is 0.267. The minimum absolute atomic E-state index is 0.512. The van der Waals surface area contributed by atoms with Gasteiger partial charge in [-0.2, -0.15) is 0 Å². The lowest BCUT2D eigenvalue weighted by atomic mass is 10.0. The molecular formula is C15H13NO. The maximum atomic E-state index is 5.55. The van der Waals surface area contributed by atoms with Gasteiger partial charge in [-0.05, 0) is 49.3 Å². The van der Waals surface area contributed by atoms with Crippen LogP contribution in [-0.4, -0.2) is 4.98 Å². The number of oxazole rings is 1. The lowest BCUT2D eigenvalue weighted by Gasteiger charge is -2.05. The van der Waals surface area contributed by atoms with Crippen LogP contribution < -0.4 is 0 Å². The average Bonchev–Trinajstić information content (AvgIpc) is 2.80. The van der Waals surface area contributed by atoms with Crippen LogP contribution in [-0.2, 0) is 0 Å². The number of rotatable bonds is 0. The summed E-state index contributed by atoms with van der Waals surface area (Å²) < 4.78 is 5.55. The summed E-state index contributed by atoms with van der Waals surface area (Å²) >= 11 is 0. The van der Waals surface area contributed by atoms with E-state index in [2.05, 4.69) is 22.9 Å². The Hall–Kier alpha value is -2.01. The van der Waals surface area contributed by atoms with E-state index in [0.717, 1.165) is 23.9 Å². The third-order valence-electron chi connectivity index (χ3n) is 2.91. The van der Waals surface area contributed by atoms with Crippen molar-refractivity contribution in [3.05, 3.63) is 41.8 Å². The van der Waals surface area contributed by atoms with Gasteiger partial charge in [0.25, 0.3) is 5.89 Å². The number of benzene rings is 1. The molecule has 0 radical (unpaired) electrons. The molecule has 0 N–H and O–H groups in total. The standard InChI is InChI=1S/C15H13NO/c1-2-6-12(7-3-1)10-11-15-16-13-8-4-5-9-14(13)17-15/h4-6,8-9H,1-3,7H2. The fourth-order valence-electron chi connectivity index (χ4n) is 2.01. The first-order valence-corrected chi connectivity index (χ1v) is 5.98. The Labute approximate surface area is 100 Å². The number of aromatic nitrogens is 1. The highest BCUT2D eigenvalue weighted by Crippen LogP contribution is 2.17. The van der Waals surface area contributed by atoms with Gasteiger partial charge in [-0.15, -0.1) is 0 Å². The van der Waals surface area contributed by atoms with Crippen LogP contribution >= 0.6 is 0 Å². The normalized spacial score (nSPS) is 15.2. The van der Waals surface area contributed by atoms with E-state index < -0.39 is 0 Å². The van der Waals surface area contributed by atoms with E-state index in [-0.39, 0.29) is 0 Å². The number of hydrogen-bond donors (Lipinski definition) is 0. The Morgan fingerprint density at radius 3 is 2.88 bits per heavy atom. The third-order valence-corrected chi connectivity index (χ3v) is 2.91. The molecule has 17 heavy (non-hydrogen) atoms. The molecule has 1 aromatic carbocycles. The maximum absolute atomic E-state index is 5.55. The van der Waals surface area contributed by atoms with E-state index in [1.165, 1.54) is 18.4 Å². The molecule has 3 rings (SSSR count). The predicted molar refractivity (Wildman–Crippen MR) is 67.4 cm³/mol. The van der Waals surface area contributed by atoms with Crippen molar-refractivity contribution < 1.29 is 4.42 Å². The molecule has 0 bridgehead atoms. The zero-order valence-corrected chi connectivity index (χ0v) is 9.57. The zero-order valence-electron chi connectivity index (χ0n) is 9.57. The van der Waals surface area contributed by atoms with Crippen LogP contribution in [0.3, 0.4) is 0 Å². The second-order valence-electron chi connectivity index (χ2n) is 4.21. The summed E-state index contributed by atoms with van der Waals surface area (Å²) in [4.78, 5) is 4.33. The molecule has 1 heterocycles. The number of hydrogen-bond acceptors (Lipinski definition) is 2. The van der Waals surface area contributed by atoms with Crippen molar-refractivity contribution in [2.75, 3.05) is 0 Å². The van der Waals surface area contributed by atoms with Crippen LogP contribution in [0.1, 0.15) is 31.6 Å². The Morgan fingerprint density at radius 1 is 1.12 bits per heavy atom. The van der Waals surface area contributed by atoms with Gasteiger partial charge in [0.2, 0.25) is 0 Å². The van der Waals surface area contributed by atoms with Gasteiger partial charge in [0, 0.05) is 0 Å². The van der Waals surface area contributed by atoms with Crippen LogP contribution in [0.25, 0.3) is 11.1 Å². The Balaban J connectivity index is 1.89. The van der Waals surface area contributed by atoms with E-state index in [1.54, 1.807) is 0 Å². The average molecular weight is 223 g/mol. The number of nitrogens with zero attached hydrogens (tertiary/aromatic N) is 1. The molecule has 0 saturated heterocycles. The van der Waals surface area contributed by atoms with Gasteiger partial charge in [-0.1, -0.05) is 24.1 Å². The van der Waals surface area contributed by atoms with E-state index in [1.807, 2.05) is 24.3 Å². The molecule has 0 spiro atoms. The maximum Gasteiger partial charge on any atom is 0.274 e. The largest absolute Gasteiger partial charge is 0.430 e. The van der Waals surface area contributed by atoms with Gasteiger partial charge in [0.15, 0.2) is 5.58 Å². The third kappa shape index (κ3) is 2.24. The topological polar surface area (TPSA) is 26.0 Å². The lowest BCUT2D eigenvalue weighted by molar-refractivity contribution is 0.586. The molecule has 2 heteroatoms. The van der Waals surface area contributed by atoms with Crippen LogP contribution in [0.2, 0.25) is 0 Å². The molecule has 0 aliphatic heterocycles. The minimum atomic E-state index is 0.512. The van der Waals surface area contributed by atoms with E-state index in [0.29, 0.717) is 5.89 Å². The Kier molecular flexibility index (Phi) is 2.67. The van der Waals surface area contributed by atoms with Gasteiger partial charge in [-0.3, -0.25) is 0 Å². The van der Waals surface area contributed by atoms with Gasteiger partial charge in [0.1, 0.15) is 5.52 Å². The van der Waals surface area contributed by atoms with Gasteiger partial charge in [-0.25, -0.2) is 4.98 Å². The highest BCUT2D eigenvalue weighted by atomic mass is 16.3. The van der Waals surface area contributed by atoms with Crippen molar-refractivity contribution in [3.8, 4) is 11.8 Å². The Bertz CT molecular complexity index is 592. The van der Waals surface area contributed by atoms with Crippen molar-refractivity contribution in [2.45, 2.75) is 25.7 Å². The van der Waals surface area contributed by atoms with E-state index >= 15 is 0 Å². The summed E-state index contributed by atoms with van der Waals surface area (Å²) in [6, 6.07) is 7.73. The molecule has 0 unspecified atom stereocenters. The second-order valence-corrected chi connectivity index (χ2v) is 4.21. The summed E-state index contributed by atoms with van der Waals surface area (Å²) in [7, 11) is 0. The first-order chi connectivity index (χ1) is 8.42. The molecule has 1 aliphatic carbocycles. The zero-order chi connectivity index (χ0) is 11.5. The van der Waals surface area contributed by atoms with Crippen molar-refractivity contribution in [1.29, 1.82) is 0 Å². The van der Waals surface area contributed by atoms with Crippen molar-refractivity contribution in [2.24, 2.45) is 0 Å². The molecule has 84 valence electrons. The van der Waals surface area contributed by atoms with Gasteiger partial charge in [0.05, 0.1) is 0 Å². The number of para-hydroxylation sites is 2. The first-order valence-electron chi connectivity index (χ1n) is 5.98. The van der Waals surface area contributed by atoms with E-state index in [4.69, 9.17) is 4.42 Å². The summed E-state index contributed by atoms with van der Waals surface area (Å²) in [6.45, 7) is 0. The highest BCUT2D eigenvalue weighted by molar-refractivity contribution is 5.72. The molecular weight excluding hydrogens is 210 g/mol. The predicted octanol–water partition coefficient (Wildman–Crippen LogP) is 3.68. The first kappa shape index (κ1) is 10.2. The molecule has 1 aromatic heterocycles. The molecule has 2 aromatic rings. The lowest BCUT2D eigenvalue weighted by Crippen LogP contribution is -1.88. The molecule has 2 nitrogen and oxygen atoms in total. The van der Waals surface area contributed by atoms with Crippen LogP contribution in [0.5, 0.6) is 0 Å². The molecule has 0 atom stereocenters. The molecule has 1 aliphatic rings. The molecule has 0 fully saturated rings. The van der Waals surface area contributed by atoms with Crippen molar-refractivity contribution in [3.63, 3.8) is 0 Å². The van der Waals surface area contributed by atoms with Crippen LogP contribution in [0, 0.1) is 11.8 Å². The summed E-state index contributed by atoms with van der Waals surface area (Å²) in [5.41, 5.74) is 2.89. The summed E-state index contributed by atoms with van der Waals surface area (Å²) in [5, 5.41) is 0. The quantitative estimate of drug-likeness (QED) is 0.637. The fourth-order valence-corrected chi connectivity index (χ4v) is 2.01. The van der Waals surface area contributed by atoms with Crippen LogP contribution in [0.15, 0.2) is 40.3 Å². The molecule has 0 saturated carbocycles. The van der Waals surface area contributed by atoms with Gasteiger partial charge >= 0.3 is 0 Å². The van der Waals surface area contributed by atoms with E-state index in [9.17, 15) is 0 Å². The highest BCUT2D eigenvalue weighted by Gasteiger charge is 2.02. The monoisotopic (exact) mass is 223 g/mol. The second kappa shape index (κ2) is 4.47. The van der Waals surface area contributed by atoms with Crippen molar-refractivity contribution >= 4 is 11.1 Å². The summed E-state index contributed by atoms with van der Waals surface area (Å²) in [6.07, 6.45) is 6.99.